The zero-order chi connectivity index (χ0) is 34.8. The van der Waals surface area contributed by atoms with Crippen molar-refractivity contribution in [3.8, 4) is 22.8 Å². The zero-order valence-corrected chi connectivity index (χ0v) is 26.6. The van der Waals surface area contributed by atoms with Crippen LogP contribution in [-0.2, 0) is 25.6 Å². The number of rotatable bonds is 13. The molecule has 11 nitrogen and oxygen atoms in total. The maximum atomic E-state index is 12.8. The quantitative estimate of drug-likeness (QED) is 0.111. The molecule has 0 bridgehead atoms. The predicted octanol–water partition coefficient (Wildman–Crippen LogP) is 5.04. The van der Waals surface area contributed by atoms with E-state index in [1.807, 2.05) is 30.3 Å². The van der Waals surface area contributed by atoms with Crippen LogP contribution in [0.3, 0.4) is 0 Å². The van der Waals surface area contributed by atoms with Gasteiger partial charge in [-0.15, -0.1) is 6.58 Å². The molecular formula is C38H35N5O6. The third-order valence-electron chi connectivity index (χ3n) is 7.50. The van der Waals surface area contributed by atoms with Crippen molar-refractivity contribution in [2.75, 3.05) is 10.6 Å². The van der Waals surface area contributed by atoms with Gasteiger partial charge in [-0.1, -0.05) is 66.7 Å². The number of benzene rings is 4. The van der Waals surface area contributed by atoms with Crippen LogP contribution in [0.4, 0.5) is 11.4 Å². The molecule has 0 aliphatic heterocycles. The van der Waals surface area contributed by atoms with E-state index in [-0.39, 0.29) is 12.3 Å². The number of oxazole rings is 1. The Kier molecular flexibility index (Phi) is 11.1. The van der Waals surface area contributed by atoms with E-state index in [0.29, 0.717) is 34.2 Å². The van der Waals surface area contributed by atoms with Gasteiger partial charge in [0.25, 0.3) is 11.8 Å². The van der Waals surface area contributed by atoms with Crippen molar-refractivity contribution < 1.29 is 28.7 Å². The first kappa shape index (κ1) is 34.0. The third-order valence-corrected chi connectivity index (χ3v) is 7.50. The summed E-state index contributed by atoms with van der Waals surface area (Å²) < 4.78 is 5.97. The lowest BCUT2D eigenvalue weighted by atomic mass is 10.1. The first-order valence-corrected chi connectivity index (χ1v) is 15.5. The molecule has 1 heterocycles. The molecule has 49 heavy (non-hydrogen) atoms. The minimum atomic E-state index is -1.39. The predicted molar refractivity (Wildman–Crippen MR) is 186 cm³/mol. The number of nitrogens with zero attached hydrogens (tertiary/aromatic N) is 1. The van der Waals surface area contributed by atoms with Crippen LogP contribution in [-0.4, -0.2) is 45.8 Å². The molecule has 0 fully saturated rings. The number of aliphatic hydroxyl groups excluding tert-OH is 1. The molecule has 0 saturated carbocycles. The molecule has 248 valence electrons. The summed E-state index contributed by atoms with van der Waals surface area (Å²) in [6.45, 7) is 5.21. The van der Waals surface area contributed by atoms with E-state index in [1.54, 1.807) is 85.1 Å². The van der Waals surface area contributed by atoms with Crippen LogP contribution >= 0.6 is 0 Å². The number of nitrogens with one attached hydrogen (secondary N) is 4. The second-order valence-electron chi connectivity index (χ2n) is 11.1. The highest BCUT2D eigenvalue weighted by molar-refractivity contribution is 5.99. The largest absolute Gasteiger partial charge is 0.436 e. The molecule has 5 rings (SSSR count). The minimum Gasteiger partial charge on any atom is -0.436 e. The fourth-order valence-electron chi connectivity index (χ4n) is 4.81. The summed E-state index contributed by atoms with van der Waals surface area (Å²) >= 11 is 0. The summed E-state index contributed by atoms with van der Waals surface area (Å²) in [7, 11) is 0. The van der Waals surface area contributed by atoms with Crippen molar-refractivity contribution in [2.45, 2.75) is 31.5 Å². The highest BCUT2D eigenvalue weighted by atomic mass is 16.4. The van der Waals surface area contributed by atoms with Crippen molar-refractivity contribution in [1.82, 2.24) is 15.6 Å². The maximum Gasteiger partial charge on any atom is 0.254 e. The minimum absolute atomic E-state index is 0.148. The first-order valence-electron chi connectivity index (χ1n) is 15.5. The van der Waals surface area contributed by atoms with Gasteiger partial charge in [-0.2, -0.15) is 0 Å². The fourth-order valence-corrected chi connectivity index (χ4v) is 4.81. The Hall–Kier alpha value is -6.33. The molecule has 4 aromatic carbocycles. The maximum absolute atomic E-state index is 12.8. The molecule has 3 atom stereocenters. The van der Waals surface area contributed by atoms with Gasteiger partial charge in [0.15, 0.2) is 11.9 Å². The second kappa shape index (κ2) is 16.0. The van der Waals surface area contributed by atoms with Crippen LogP contribution in [0.25, 0.3) is 22.8 Å². The van der Waals surface area contributed by atoms with Gasteiger partial charge < -0.3 is 30.8 Å². The summed E-state index contributed by atoms with van der Waals surface area (Å²) in [6, 6.07) is 29.7. The van der Waals surface area contributed by atoms with Crippen molar-refractivity contribution >= 4 is 35.0 Å². The number of amides is 4. The van der Waals surface area contributed by atoms with Gasteiger partial charge in [0.05, 0.1) is 12.6 Å². The molecule has 5 N–H and O–H groups in total. The summed E-state index contributed by atoms with van der Waals surface area (Å²) in [4.78, 5) is 54.7. The van der Waals surface area contributed by atoms with Crippen LogP contribution in [0.2, 0.25) is 0 Å². The average molecular weight is 658 g/mol. The normalized spacial score (nSPS) is 12.5. The van der Waals surface area contributed by atoms with Crippen molar-refractivity contribution in [3.63, 3.8) is 0 Å². The molecule has 0 aliphatic rings. The van der Waals surface area contributed by atoms with Gasteiger partial charge in [-0.3, -0.25) is 19.2 Å². The van der Waals surface area contributed by atoms with Crippen molar-refractivity contribution in [2.24, 2.45) is 0 Å². The molecule has 0 radical (unpaired) electrons. The Bertz CT molecular complexity index is 1910. The van der Waals surface area contributed by atoms with Gasteiger partial charge in [0.1, 0.15) is 12.1 Å². The van der Waals surface area contributed by atoms with Crippen LogP contribution in [0.1, 0.15) is 24.2 Å². The van der Waals surface area contributed by atoms with E-state index in [4.69, 9.17) is 4.42 Å². The number of aromatic nitrogens is 1. The Labute approximate surface area is 283 Å². The number of hydrogen-bond donors (Lipinski definition) is 5. The average Bonchev–Trinajstić information content (AvgIpc) is 3.62. The monoisotopic (exact) mass is 657 g/mol. The Balaban J connectivity index is 1.12. The lowest BCUT2D eigenvalue weighted by molar-refractivity contribution is -0.132. The van der Waals surface area contributed by atoms with E-state index in [1.165, 1.54) is 13.0 Å². The van der Waals surface area contributed by atoms with Gasteiger partial charge in [-0.25, -0.2) is 4.98 Å². The Morgan fingerprint density at radius 3 is 1.94 bits per heavy atom. The van der Waals surface area contributed by atoms with Crippen LogP contribution in [0.5, 0.6) is 0 Å². The Morgan fingerprint density at radius 1 is 0.755 bits per heavy atom. The van der Waals surface area contributed by atoms with Gasteiger partial charge >= 0.3 is 0 Å². The van der Waals surface area contributed by atoms with E-state index < -0.39 is 35.9 Å². The zero-order valence-electron chi connectivity index (χ0n) is 26.6. The molecule has 5 aromatic rings. The molecular weight excluding hydrogens is 622 g/mol. The van der Waals surface area contributed by atoms with E-state index >= 15 is 0 Å². The Morgan fingerprint density at radius 2 is 1.33 bits per heavy atom. The molecule has 0 spiro atoms. The third kappa shape index (κ3) is 9.15. The fraction of sp³-hybridized carbons (Fsp3) is 0.132. The standard InChI is InChI=1S/C38H35N5O6/c1-3-31(43-33(44)22-25-10-6-4-7-11-25)36(47)42-30-18-14-26(15-19-30)32-23-39-38(49-32)28-16-20-29(21-17-28)41-35(46)24(2)40-37(48)34(45)27-12-8-5-9-13-27/h3-21,23-24,31,34,45H,1,22H2,2H3,(H,40,48)(H,41,46)(H,42,47)(H,43,44). The summed E-state index contributed by atoms with van der Waals surface area (Å²) in [5, 5.41) is 21.0. The van der Waals surface area contributed by atoms with Crippen LogP contribution < -0.4 is 21.3 Å². The van der Waals surface area contributed by atoms with Crippen LogP contribution in [0, 0.1) is 0 Å². The van der Waals surface area contributed by atoms with Gasteiger partial charge in [0.2, 0.25) is 17.7 Å². The number of hydrogen-bond acceptors (Lipinski definition) is 7. The first-order chi connectivity index (χ1) is 23.7. The highest BCUT2D eigenvalue weighted by Crippen LogP contribution is 2.28. The highest BCUT2D eigenvalue weighted by Gasteiger charge is 2.22. The number of anilines is 2. The topological polar surface area (TPSA) is 163 Å². The summed E-state index contributed by atoms with van der Waals surface area (Å²) in [5.41, 5.74) is 3.69. The molecule has 0 aliphatic carbocycles. The van der Waals surface area contributed by atoms with Crippen LogP contribution in [0.15, 0.2) is 132 Å². The summed E-state index contributed by atoms with van der Waals surface area (Å²) in [5.74, 6) is -0.979. The molecule has 4 amide bonds. The molecule has 3 unspecified atom stereocenters. The lowest BCUT2D eigenvalue weighted by Gasteiger charge is -2.17. The number of carbonyl (C=O) groups excluding carboxylic acids is 4. The smallest absolute Gasteiger partial charge is 0.254 e. The van der Waals surface area contributed by atoms with E-state index in [2.05, 4.69) is 32.8 Å². The molecule has 0 saturated heterocycles. The van der Waals surface area contributed by atoms with Crippen molar-refractivity contribution in [1.29, 1.82) is 0 Å². The molecule has 11 heteroatoms. The number of carbonyl (C=O) groups is 4. The van der Waals surface area contributed by atoms with Gasteiger partial charge in [0, 0.05) is 22.5 Å². The second-order valence-corrected chi connectivity index (χ2v) is 11.1. The summed E-state index contributed by atoms with van der Waals surface area (Å²) in [6.07, 6.45) is 1.73. The van der Waals surface area contributed by atoms with Crippen molar-refractivity contribution in [3.05, 3.63) is 139 Å². The number of aliphatic hydroxyl groups is 1. The SMILES string of the molecule is C=CC(NC(=O)Cc1ccccc1)C(=O)Nc1ccc(-c2cnc(-c3ccc(NC(=O)C(C)NC(=O)C(O)c4ccccc4)cc3)o2)cc1. The van der Waals surface area contributed by atoms with E-state index in [0.717, 1.165) is 11.1 Å². The molecule has 1 aromatic heterocycles. The van der Waals surface area contributed by atoms with Gasteiger partial charge in [-0.05, 0) is 66.6 Å². The lowest BCUT2D eigenvalue weighted by Crippen LogP contribution is -2.43. The van der Waals surface area contributed by atoms with E-state index in [9.17, 15) is 24.3 Å².